The van der Waals surface area contributed by atoms with Crippen LogP contribution in [0.1, 0.15) is 29.8 Å². The number of pyridine rings is 1. The van der Waals surface area contributed by atoms with Crippen LogP contribution in [0.25, 0.3) is 0 Å². The van der Waals surface area contributed by atoms with Gasteiger partial charge >= 0.3 is 0 Å². The van der Waals surface area contributed by atoms with Gasteiger partial charge < -0.3 is 15.6 Å². The molecule has 0 aromatic carbocycles. The van der Waals surface area contributed by atoms with Crippen molar-refractivity contribution in [1.29, 1.82) is 0 Å². The van der Waals surface area contributed by atoms with Gasteiger partial charge in [0.1, 0.15) is 5.69 Å². The van der Waals surface area contributed by atoms with Gasteiger partial charge in [0.25, 0.3) is 5.91 Å². The lowest BCUT2D eigenvalue weighted by Crippen LogP contribution is -2.33. The molecular formula is C13H19N3O2. The Labute approximate surface area is 106 Å². The van der Waals surface area contributed by atoms with Crippen molar-refractivity contribution >= 4 is 5.91 Å². The molecule has 1 unspecified atom stereocenters. The highest BCUT2D eigenvalue weighted by Gasteiger charge is 2.13. The molecule has 1 amide bonds. The van der Waals surface area contributed by atoms with Gasteiger partial charge in [0.15, 0.2) is 0 Å². The fourth-order valence-corrected chi connectivity index (χ4v) is 2.24. The van der Waals surface area contributed by atoms with Crippen LogP contribution in [0.3, 0.4) is 0 Å². The van der Waals surface area contributed by atoms with Crippen molar-refractivity contribution < 1.29 is 4.79 Å². The molecule has 1 fully saturated rings. The van der Waals surface area contributed by atoms with E-state index in [0.717, 1.165) is 19.5 Å². The zero-order valence-corrected chi connectivity index (χ0v) is 10.4. The first-order chi connectivity index (χ1) is 8.75. The molecule has 3 N–H and O–H groups in total. The Balaban J connectivity index is 1.76. The fourth-order valence-electron chi connectivity index (χ4n) is 2.24. The minimum atomic E-state index is -0.251. The second-order valence-corrected chi connectivity index (χ2v) is 4.69. The SMILES string of the molecule is O=C(NCCC1CCCNC1)c1cccc(=O)[nH]1. The average molecular weight is 249 g/mol. The third kappa shape index (κ3) is 3.70. The number of rotatable bonds is 4. The number of carbonyl (C=O) groups is 1. The van der Waals surface area contributed by atoms with Crippen LogP contribution in [0.2, 0.25) is 0 Å². The summed E-state index contributed by atoms with van der Waals surface area (Å²) in [6.07, 6.45) is 3.42. The zero-order chi connectivity index (χ0) is 12.8. The van der Waals surface area contributed by atoms with Gasteiger partial charge in [-0.2, -0.15) is 0 Å². The minimum absolute atomic E-state index is 0.212. The van der Waals surface area contributed by atoms with E-state index in [1.165, 1.54) is 18.9 Å². The van der Waals surface area contributed by atoms with E-state index in [4.69, 9.17) is 0 Å². The number of hydrogen-bond acceptors (Lipinski definition) is 3. The lowest BCUT2D eigenvalue weighted by molar-refractivity contribution is 0.0945. The smallest absolute Gasteiger partial charge is 0.267 e. The van der Waals surface area contributed by atoms with Crippen LogP contribution >= 0.6 is 0 Å². The van der Waals surface area contributed by atoms with Gasteiger partial charge in [-0.3, -0.25) is 9.59 Å². The van der Waals surface area contributed by atoms with Crippen molar-refractivity contribution in [2.75, 3.05) is 19.6 Å². The monoisotopic (exact) mass is 249 g/mol. The van der Waals surface area contributed by atoms with Crippen LogP contribution in [-0.2, 0) is 0 Å². The molecule has 1 atom stereocenters. The quantitative estimate of drug-likeness (QED) is 0.727. The Bertz CT molecular complexity index is 450. The van der Waals surface area contributed by atoms with E-state index in [0.29, 0.717) is 18.2 Å². The molecule has 98 valence electrons. The molecule has 1 aliphatic rings. The van der Waals surface area contributed by atoms with Crippen molar-refractivity contribution in [2.24, 2.45) is 5.92 Å². The predicted octanol–water partition coefficient (Wildman–Crippen LogP) is 0.494. The van der Waals surface area contributed by atoms with E-state index in [1.54, 1.807) is 12.1 Å². The van der Waals surface area contributed by atoms with Gasteiger partial charge in [-0.15, -0.1) is 0 Å². The summed E-state index contributed by atoms with van der Waals surface area (Å²) >= 11 is 0. The maximum absolute atomic E-state index is 11.7. The summed E-state index contributed by atoms with van der Waals surface area (Å²) in [5.41, 5.74) is 0.0726. The van der Waals surface area contributed by atoms with Gasteiger partial charge in [0.2, 0.25) is 5.56 Å². The van der Waals surface area contributed by atoms with Crippen LogP contribution in [0, 0.1) is 5.92 Å². The zero-order valence-electron chi connectivity index (χ0n) is 10.4. The standard InChI is InChI=1S/C13H19N3O2/c17-12-5-1-4-11(16-12)13(18)15-8-6-10-3-2-7-14-9-10/h1,4-5,10,14H,2-3,6-9H2,(H,15,18)(H,16,17). The maximum atomic E-state index is 11.7. The highest BCUT2D eigenvalue weighted by atomic mass is 16.2. The van der Waals surface area contributed by atoms with Crippen molar-refractivity contribution in [3.63, 3.8) is 0 Å². The summed E-state index contributed by atoms with van der Waals surface area (Å²) in [4.78, 5) is 25.3. The molecule has 5 nitrogen and oxygen atoms in total. The molecule has 0 spiro atoms. The van der Waals surface area contributed by atoms with Crippen molar-refractivity contribution in [2.45, 2.75) is 19.3 Å². The first-order valence-electron chi connectivity index (χ1n) is 6.44. The predicted molar refractivity (Wildman–Crippen MR) is 69.6 cm³/mol. The van der Waals surface area contributed by atoms with Crippen LogP contribution in [0.15, 0.2) is 23.0 Å². The van der Waals surface area contributed by atoms with Gasteiger partial charge in [-0.1, -0.05) is 6.07 Å². The molecule has 0 saturated carbocycles. The van der Waals surface area contributed by atoms with Gasteiger partial charge in [0, 0.05) is 12.6 Å². The van der Waals surface area contributed by atoms with Crippen molar-refractivity contribution in [3.8, 4) is 0 Å². The molecule has 5 heteroatoms. The summed E-state index contributed by atoms with van der Waals surface area (Å²) < 4.78 is 0. The van der Waals surface area contributed by atoms with Gasteiger partial charge in [-0.25, -0.2) is 0 Å². The molecule has 0 aliphatic carbocycles. The number of piperidine rings is 1. The second kappa shape index (κ2) is 6.35. The average Bonchev–Trinajstić information content (AvgIpc) is 2.40. The molecule has 0 bridgehead atoms. The molecule has 0 radical (unpaired) electrons. The Morgan fingerprint density at radius 3 is 3.06 bits per heavy atom. The summed E-state index contributed by atoms with van der Waals surface area (Å²) in [6, 6.07) is 4.59. The lowest BCUT2D eigenvalue weighted by atomic mass is 9.96. The van der Waals surface area contributed by atoms with Crippen molar-refractivity contribution in [1.82, 2.24) is 15.6 Å². The van der Waals surface area contributed by atoms with E-state index in [2.05, 4.69) is 15.6 Å². The molecule has 2 rings (SSSR count). The van der Waals surface area contributed by atoms with E-state index >= 15 is 0 Å². The topological polar surface area (TPSA) is 74.0 Å². The maximum Gasteiger partial charge on any atom is 0.267 e. The van der Waals surface area contributed by atoms with E-state index in [1.807, 2.05) is 0 Å². The molecular weight excluding hydrogens is 230 g/mol. The summed E-state index contributed by atoms with van der Waals surface area (Å²) in [7, 11) is 0. The van der Waals surface area contributed by atoms with Crippen LogP contribution in [0.5, 0.6) is 0 Å². The lowest BCUT2D eigenvalue weighted by Gasteiger charge is -2.22. The Kier molecular flexibility index (Phi) is 4.52. The van der Waals surface area contributed by atoms with E-state index in [-0.39, 0.29) is 11.5 Å². The molecule has 1 aliphatic heterocycles. The summed E-state index contributed by atoms with van der Waals surface area (Å²) in [5.74, 6) is 0.436. The number of amides is 1. The van der Waals surface area contributed by atoms with Crippen LogP contribution < -0.4 is 16.2 Å². The summed E-state index contributed by atoms with van der Waals surface area (Å²) in [6.45, 7) is 2.80. The number of aromatic amines is 1. The van der Waals surface area contributed by atoms with Crippen LogP contribution in [0.4, 0.5) is 0 Å². The highest BCUT2D eigenvalue weighted by molar-refractivity contribution is 5.92. The molecule has 2 heterocycles. The third-order valence-corrected chi connectivity index (χ3v) is 3.25. The van der Waals surface area contributed by atoms with Gasteiger partial charge in [0.05, 0.1) is 0 Å². The third-order valence-electron chi connectivity index (χ3n) is 3.25. The van der Waals surface area contributed by atoms with Crippen LogP contribution in [-0.4, -0.2) is 30.5 Å². The highest BCUT2D eigenvalue weighted by Crippen LogP contribution is 2.12. The van der Waals surface area contributed by atoms with Crippen molar-refractivity contribution in [3.05, 3.63) is 34.2 Å². The molecule has 1 aromatic rings. The first kappa shape index (κ1) is 12.8. The number of carbonyl (C=O) groups excluding carboxylic acids is 1. The Morgan fingerprint density at radius 2 is 2.33 bits per heavy atom. The fraction of sp³-hybridized carbons (Fsp3) is 0.538. The number of H-pyrrole nitrogens is 1. The normalized spacial score (nSPS) is 19.4. The van der Waals surface area contributed by atoms with Gasteiger partial charge in [-0.05, 0) is 44.3 Å². The summed E-state index contributed by atoms with van der Waals surface area (Å²) in [5, 5.41) is 6.19. The molecule has 18 heavy (non-hydrogen) atoms. The Morgan fingerprint density at radius 1 is 1.44 bits per heavy atom. The molecule has 1 aromatic heterocycles. The van der Waals surface area contributed by atoms with E-state index < -0.39 is 0 Å². The Hall–Kier alpha value is -1.62. The number of nitrogens with one attached hydrogen (secondary N) is 3. The first-order valence-corrected chi connectivity index (χ1v) is 6.44. The minimum Gasteiger partial charge on any atom is -0.351 e. The number of aromatic nitrogens is 1. The number of hydrogen-bond donors (Lipinski definition) is 3. The molecule has 1 saturated heterocycles. The van der Waals surface area contributed by atoms with E-state index in [9.17, 15) is 9.59 Å². The second-order valence-electron chi connectivity index (χ2n) is 4.69. The largest absolute Gasteiger partial charge is 0.351 e.